The van der Waals surface area contributed by atoms with Gasteiger partial charge in [-0.15, -0.1) is 11.3 Å². The Hall–Kier alpha value is -1.66. The summed E-state index contributed by atoms with van der Waals surface area (Å²) in [5.74, 6) is -0.426. The summed E-state index contributed by atoms with van der Waals surface area (Å²) in [7, 11) is 0. The third-order valence-electron chi connectivity index (χ3n) is 2.49. The number of hydrogen-bond donors (Lipinski definition) is 2. The van der Waals surface area contributed by atoms with Crippen molar-refractivity contribution in [3.63, 3.8) is 0 Å². The van der Waals surface area contributed by atoms with Gasteiger partial charge in [0.25, 0.3) is 0 Å². The van der Waals surface area contributed by atoms with Crippen LogP contribution in [0.15, 0.2) is 15.9 Å². The second-order valence-corrected chi connectivity index (χ2v) is 4.93. The van der Waals surface area contributed by atoms with Crippen molar-refractivity contribution in [3.8, 4) is 0 Å². The fourth-order valence-corrected chi connectivity index (χ4v) is 2.33. The first-order valence-corrected chi connectivity index (χ1v) is 6.38. The number of rotatable bonds is 5. The lowest BCUT2D eigenvalue weighted by atomic mass is 10.2. The van der Waals surface area contributed by atoms with Gasteiger partial charge < -0.3 is 14.8 Å². The minimum Gasteiger partial charge on any atom is -0.475 e. The summed E-state index contributed by atoms with van der Waals surface area (Å²) in [6.07, 6.45) is 0. The number of aryl methyl sites for hydroxylation is 2. The highest BCUT2D eigenvalue weighted by Crippen LogP contribution is 2.15. The topological polar surface area (TPSA) is 75.4 Å². The molecule has 0 aliphatic rings. The van der Waals surface area contributed by atoms with E-state index in [-0.39, 0.29) is 5.76 Å². The largest absolute Gasteiger partial charge is 0.475 e. The monoisotopic (exact) mass is 266 g/mol. The van der Waals surface area contributed by atoms with E-state index >= 15 is 0 Å². The third-order valence-corrected chi connectivity index (χ3v) is 3.46. The van der Waals surface area contributed by atoms with Crippen LogP contribution >= 0.6 is 11.3 Å². The summed E-state index contributed by atoms with van der Waals surface area (Å²) < 4.78 is 5.13. The second kappa shape index (κ2) is 5.32. The average molecular weight is 266 g/mol. The molecule has 6 heteroatoms. The Morgan fingerprint density at radius 1 is 1.50 bits per heavy atom. The lowest BCUT2D eigenvalue weighted by Crippen LogP contribution is -2.12. The normalized spacial score (nSPS) is 10.8. The molecule has 2 heterocycles. The van der Waals surface area contributed by atoms with Crippen LogP contribution in [0.25, 0.3) is 0 Å². The molecule has 0 unspecified atom stereocenters. The first kappa shape index (κ1) is 12.8. The predicted molar refractivity (Wildman–Crippen MR) is 67.8 cm³/mol. The molecule has 0 radical (unpaired) electrons. The van der Waals surface area contributed by atoms with Crippen molar-refractivity contribution in [1.82, 2.24) is 10.3 Å². The zero-order chi connectivity index (χ0) is 13.1. The van der Waals surface area contributed by atoms with Crippen molar-refractivity contribution in [2.24, 2.45) is 0 Å². The Bertz CT molecular complexity index is 559. The zero-order valence-electron chi connectivity index (χ0n) is 10.2. The summed E-state index contributed by atoms with van der Waals surface area (Å²) in [5, 5.41) is 15.0. The van der Waals surface area contributed by atoms with Crippen molar-refractivity contribution in [2.75, 3.05) is 0 Å². The minimum atomic E-state index is -1.04. The van der Waals surface area contributed by atoms with Crippen LogP contribution in [0.3, 0.4) is 0 Å². The molecule has 0 fully saturated rings. The van der Waals surface area contributed by atoms with Gasteiger partial charge in [-0.05, 0) is 19.9 Å². The Kier molecular flexibility index (Phi) is 3.78. The molecule has 2 aromatic rings. The Balaban J connectivity index is 1.92. The van der Waals surface area contributed by atoms with Gasteiger partial charge in [-0.3, -0.25) is 0 Å². The maximum Gasteiger partial charge on any atom is 0.371 e. The number of nitrogens with one attached hydrogen (secondary N) is 1. The van der Waals surface area contributed by atoms with E-state index in [1.165, 1.54) is 0 Å². The van der Waals surface area contributed by atoms with Crippen LogP contribution in [-0.4, -0.2) is 16.1 Å². The van der Waals surface area contributed by atoms with Crippen LogP contribution in [0.5, 0.6) is 0 Å². The summed E-state index contributed by atoms with van der Waals surface area (Å²) in [5.41, 5.74) is 1.88. The van der Waals surface area contributed by atoms with Gasteiger partial charge in [-0.2, -0.15) is 0 Å². The number of furan rings is 1. The number of hydrogen-bond acceptors (Lipinski definition) is 5. The Morgan fingerprint density at radius 3 is 2.83 bits per heavy atom. The molecule has 0 aliphatic heterocycles. The number of carboxylic acids is 1. The number of carboxylic acid groups (broad SMARTS) is 1. The molecule has 0 atom stereocenters. The highest BCUT2D eigenvalue weighted by atomic mass is 32.1. The van der Waals surface area contributed by atoms with Crippen LogP contribution in [-0.2, 0) is 13.1 Å². The highest BCUT2D eigenvalue weighted by molar-refractivity contribution is 7.09. The van der Waals surface area contributed by atoms with E-state index in [1.807, 2.05) is 12.3 Å². The number of aromatic nitrogens is 1. The maximum atomic E-state index is 10.7. The molecule has 2 aromatic heterocycles. The van der Waals surface area contributed by atoms with E-state index in [9.17, 15) is 4.79 Å². The number of carbonyl (C=O) groups is 1. The predicted octanol–water partition coefficient (Wildman–Crippen LogP) is 2.34. The van der Waals surface area contributed by atoms with Gasteiger partial charge in [0.2, 0.25) is 5.76 Å². The summed E-state index contributed by atoms with van der Waals surface area (Å²) in [4.78, 5) is 15.1. The standard InChI is InChI=1S/C12H14N2O3S/c1-7-6-18-11(14-7)5-13-4-9-3-10(12(15)16)17-8(9)2/h3,6,13H,4-5H2,1-2H3,(H,15,16). The van der Waals surface area contributed by atoms with Crippen molar-refractivity contribution in [1.29, 1.82) is 0 Å². The molecule has 0 saturated carbocycles. The van der Waals surface area contributed by atoms with E-state index in [0.29, 0.717) is 18.8 Å². The van der Waals surface area contributed by atoms with Gasteiger partial charge in [0.15, 0.2) is 0 Å². The fourth-order valence-electron chi connectivity index (χ4n) is 1.59. The summed E-state index contributed by atoms with van der Waals surface area (Å²) >= 11 is 1.61. The smallest absolute Gasteiger partial charge is 0.371 e. The van der Waals surface area contributed by atoms with Gasteiger partial charge in [0.1, 0.15) is 10.8 Å². The molecular weight excluding hydrogens is 252 g/mol. The Morgan fingerprint density at radius 2 is 2.28 bits per heavy atom. The first-order chi connectivity index (χ1) is 8.56. The Labute approximate surface area is 108 Å². The quantitative estimate of drug-likeness (QED) is 0.868. The average Bonchev–Trinajstić information content (AvgIpc) is 2.87. The molecule has 0 bridgehead atoms. The third kappa shape index (κ3) is 2.96. The molecule has 2 rings (SSSR count). The van der Waals surface area contributed by atoms with Crippen LogP contribution in [0.2, 0.25) is 0 Å². The van der Waals surface area contributed by atoms with Crippen LogP contribution < -0.4 is 5.32 Å². The summed E-state index contributed by atoms with van der Waals surface area (Å²) in [6, 6.07) is 1.55. The van der Waals surface area contributed by atoms with Crippen LogP contribution in [0.1, 0.15) is 32.6 Å². The lowest BCUT2D eigenvalue weighted by molar-refractivity contribution is 0.0661. The molecule has 0 aromatic carbocycles. The SMILES string of the molecule is Cc1csc(CNCc2cc(C(=O)O)oc2C)n1. The molecule has 96 valence electrons. The van der Waals surface area contributed by atoms with Crippen LogP contribution in [0.4, 0.5) is 0 Å². The van der Waals surface area contributed by atoms with E-state index in [1.54, 1.807) is 24.3 Å². The summed E-state index contributed by atoms with van der Waals surface area (Å²) in [6.45, 7) is 4.96. The van der Waals surface area contributed by atoms with Gasteiger partial charge in [-0.1, -0.05) is 0 Å². The second-order valence-electron chi connectivity index (χ2n) is 3.98. The molecule has 0 spiro atoms. The van der Waals surface area contributed by atoms with Crippen LogP contribution in [0, 0.1) is 13.8 Å². The molecule has 5 nitrogen and oxygen atoms in total. The van der Waals surface area contributed by atoms with E-state index in [4.69, 9.17) is 9.52 Å². The molecular formula is C12H14N2O3S. The van der Waals surface area contributed by atoms with Gasteiger partial charge >= 0.3 is 5.97 Å². The van der Waals surface area contributed by atoms with Crippen molar-refractivity contribution in [2.45, 2.75) is 26.9 Å². The highest BCUT2D eigenvalue weighted by Gasteiger charge is 2.12. The first-order valence-electron chi connectivity index (χ1n) is 5.50. The van der Waals surface area contributed by atoms with Crippen molar-refractivity contribution >= 4 is 17.3 Å². The van der Waals surface area contributed by atoms with Gasteiger partial charge in [-0.25, -0.2) is 9.78 Å². The lowest BCUT2D eigenvalue weighted by Gasteiger charge is -2.00. The number of aromatic carboxylic acids is 1. The van der Waals surface area contributed by atoms with E-state index in [0.717, 1.165) is 16.3 Å². The maximum absolute atomic E-state index is 10.7. The molecule has 0 aliphatic carbocycles. The minimum absolute atomic E-state index is 0.0191. The number of nitrogens with zero attached hydrogens (tertiary/aromatic N) is 1. The van der Waals surface area contributed by atoms with E-state index in [2.05, 4.69) is 10.3 Å². The van der Waals surface area contributed by atoms with Gasteiger partial charge in [0.05, 0.1) is 0 Å². The van der Waals surface area contributed by atoms with E-state index < -0.39 is 5.97 Å². The number of thiazole rings is 1. The molecule has 0 amide bonds. The molecule has 0 saturated heterocycles. The van der Waals surface area contributed by atoms with Gasteiger partial charge in [0, 0.05) is 29.7 Å². The van der Waals surface area contributed by atoms with Crippen molar-refractivity contribution < 1.29 is 14.3 Å². The zero-order valence-corrected chi connectivity index (χ0v) is 11.0. The molecule has 2 N–H and O–H groups in total. The molecule has 18 heavy (non-hydrogen) atoms. The van der Waals surface area contributed by atoms with Crippen molar-refractivity contribution in [3.05, 3.63) is 39.2 Å². The fraction of sp³-hybridized carbons (Fsp3) is 0.333.